The quantitative estimate of drug-likeness (QED) is 0.579. The third kappa shape index (κ3) is 4.11. The van der Waals surface area contributed by atoms with Gasteiger partial charge in [0.05, 0.1) is 18.3 Å². The Hall–Kier alpha value is -3.61. The number of pyridine rings is 1. The SMILES string of the molecule is O=C1O[C@H](C(O)C(F)(F)F)CN1c1ccc(-c2ccc(-c3nnn(C4CC4)n3)nc2)c(F)c1. The summed E-state index contributed by atoms with van der Waals surface area (Å²) in [5.74, 6) is -0.361. The van der Waals surface area contributed by atoms with Crippen LogP contribution in [0.5, 0.6) is 0 Å². The molecule has 3 heterocycles. The first-order valence-electron chi connectivity index (χ1n) is 9.99. The van der Waals surface area contributed by atoms with Gasteiger partial charge in [0.15, 0.2) is 12.2 Å². The fourth-order valence-corrected chi connectivity index (χ4v) is 3.45. The predicted molar refractivity (Wildman–Crippen MR) is 104 cm³/mol. The summed E-state index contributed by atoms with van der Waals surface area (Å²) < 4.78 is 57.5. The molecule has 9 nitrogen and oxygen atoms in total. The molecule has 33 heavy (non-hydrogen) atoms. The molecule has 1 saturated carbocycles. The number of halogens is 4. The van der Waals surface area contributed by atoms with E-state index in [-0.39, 0.29) is 17.3 Å². The fourth-order valence-electron chi connectivity index (χ4n) is 3.45. The monoisotopic (exact) mass is 464 g/mol. The van der Waals surface area contributed by atoms with Gasteiger partial charge in [0.1, 0.15) is 11.5 Å². The molecule has 5 rings (SSSR count). The van der Waals surface area contributed by atoms with Crippen molar-refractivity contribution in [1.29, 1.82) is 0 Å². The molecule has 1 saturated heterocycles. The van der Waals surface area contributed by atoms with Crippen LogP contribution in [0.1, 0.15) is 18.9 Å². The molecule has 13 heteroatoms. The van der Waals surface area contributed by atoms with E-state index >= 15 is 0 Å². The highest BCUT2D eigenvalue weighted by molar-refractivity contribution is 5.90. The number of carbonyl (C=O) groups excluding carboxylic acids is 1. The zero-order chi connectivity index (χ0) is 23.3. The molecule has 1 unspecified atom stereocenters. The molecular weight excluding hydrogens is 448 g/mol. The Morgan fingerprint density at radius 3 is 2.61 bits per heavy atom. The van der Waals surface area contributed by atoms with Crippen LogP contribution in [-0.2, 0) is 4.74 Å². The number of carbonyl (C=O) groups is 1. The van der Waals surface area contributed by atoms with E-state index in [2.05, 4.69) is 25.1 Å². The first kappa shape index (κ1) is 21.2. The number of alkyl halides is 3. The third-order valence-corrected chi connectivity index (χ3v) is 5.39. The minimum atomic E-state index is -4.95. The molecule has 1 aromatic carbocycles. The van der Waals surface area contributed by atoms with E-state index < -0.39 is 36.8 Å². The van der Waals surface area contributed by atoms with E-state index in [0.29, 0.717) is 17.1 Å². The summed E-state index contributed by atoms with van der Waals surface area (Å²) in [6.45, 7) is -0.566. The second-order valence-electron chi connectivity index (χ2n) is 7.78. The van der Waals surface area contributed by atoms with E-state index in [0.717, 1.165) is 23.8 Å². The number of aliphatic hydroxyl groups is 1. The standard InChI is InChI=1S/C20H16F4N6O3/c21-14-7-12(29-9-16(33-19(29)32)17(31)20(22,23)24)4-5-13(14)10-1-6-15(25-8-10)18-26-28-30(27-18)11-2-3-11/h1,4-8,11,16-17,31H,2-3,9H2/t16-,17?/m0/s1. The minimum absolute atomic E-state index is 0.00333. The van der Waals surface area contributed by atoms with Crippen LogP contribution in [-0.4, -0.2) is 61.3 Å². The van der Waals surface area contributed by atoms with Gasteiger partial charge >= 0.3 is 12.3 Å². The van der Waals surface area contributed by atoms with Gasteiger partial charge in [0.25, 0.3) is 0 Å². The van der Waals surface area contributed by atoms with Crippen molar-refractivity contribution >= 4 is 11.8 Å². The highest BCUT2D eigenvalue weighted by atomic mass is 19.4. The van der Waals surface area contributed by atoms with Crippen LogP contribution in [0.25, 0.3) is 22.6 Å². The zero-order valence-electron chi connectivity index (χ0n) is 16.8. The van der Waals surface area contributed by atoms with Gasteiger partial charge in [-0.2, -0.15) is 18.0 Å². The second-order valence-corrected chi connectivity index (χ2v) is 7.78. The molecule has 0 radical (unpaired) electrons. The van der Waals surface area contributed by atoms with E-state index in [1.165, 1.54) is 18.3 Å². The summed E-state index contributed by atoms with van der Waals surface area (Å²) in [4.78, 5) is 18.6. The Labute approximate surface area is 183 Å². The van der Waals surface area contributed by atoms with Gasteiger partial charge < -0.3 is 9.84 Å². The summed E-state index contributed by atoms with van der Waals surface area (Å²) in [5.41, 5.74) is 1.08. The molecule has 172 valence electrons. The number of nitrogens with zero attached hydrogens (tertiary/aromatic N) is 6. The average Bonchev–Trinajstić information content (AvgIpc) is 3.38. The van der Waals surface area contributed by atoms with Gasteiger partial charge in [-0.3, -0.25) is 9.88 Å². The summed E-state index contributed by atoms with van der Waals surface area (Å²) in [6.07, 6.45) is -7.23. The van der Waals surface area contributed by atoms with Crippen molar-refractivity contribution < 1.29 is 32.2 Å². The number of amides is 1. The number of cyclic esters (lactones) is 1. The molecule has 1 aliphatic heterocycles. The largest absolute Gasteiger partial charge is 0.441 e. The lowest BCUT2D eigenvalue weighted by atomic mass is 10.1. The third-order valence-electron chi connectivity index (χ3n) is 5.39. The maximum atomic E-state index is 14.8. The van der Waals surface area contributed by atoms with E-state index in [4.69, 9.17) is 0 Å². The van der Waals surface area contributed by atoms with Gasteiger partial charge in [-0.05, 0) is 42.3 Å². The first-order chi connectivity index (χ1) is 15.7. The Balaban J connectivity index is 1.33. The first-order valence-corrected chi connectivity index (χ1v) is 9.99. The van der Waals surface area contributed by atoms with E-state index in [1.807, 2.05) is 0 Å². The van der Waals surface area contributed by atoms with Crippen LogP contribution in [0.4, 0.5) is 28.0 Å². The van der Waals surface area contributed by atoms with Crippen molar-refractivity contribution in [2.24, 2.45) is 0 Å². The molecule has 1 amide bonds. The number of hydrogen-bond acceptors (Lipinski definition) is 7. The number of tetrazole rings is 1. The number of anilines is 1. The summed E-state index contributed by atoms with van der Waals surface area (Å²) in [6, 6.07) is 7.28. The lowest BCUT2D eigenvalue weighted by Gasteiger charge is -2.19. The zero-order valence-corrected chi connectivity index (χ0v) is 16.8. The normalized spacial score (nSPS) is 19.6. The van der Waals surface area contributed by atoms with Crippen molar-refractivity contribution in [3.63, 3.8) is 0 Å². The maximum Gasteiger partial charge on any atom is 0.418 e. The van der Waals surface area contributed by atoms with Crippen molar-refractivity contribution in [3.05, 3.63) is 42.3 Å². The minimum Gasteiger partial charge on any atom is -0.441 e. The van der Waals surface area contributed by atoms with Crippen LogP contribution in [0.3, 0.4) is 0 Å². The number of aromatic nitrogens is 5. The van der Waals surface area contributed by atoms with Crippen molar-refractivity contribution in [1.82, 2.24) is 25.2 Å². The fraction of sp³-hybridized carbons (Fsp3) is 0.350. The van der Waals surface area contributed by atoms with Crippen LogP contribution >= 0.6 is 0 Å². The molecule has 2 fully saturated rings. The van der Waals surface area contributed by atoms with E-state index in [1.54, 1.807) is 16.9 Å². The molecular formula is C20H16F4N6O3. The van der Waals surface area contributed by atoms with Gasteiger partial charge in [-0.15, -0.1) is 10.2 Å². The molecule has 2 aliphatic rings. The lowest BCUT2D eigenvalue weighted by molar-refractivity contribution is -0.224. The van der Waals surface area contributed by atoms with Crippen LogP contribution in [0, 0.1) is 5.82 Å². The Bertz CT molecular complexity index is 1200. The van der Waals surface area contributed by atoms with Crippen molar-refractivity contribution in [2.45, 2.75) is 37.3 Å². The molecule has 1 aliphatic carbocycles. The lowest BCUT2D eigenvalue weighted by Crippen LogP contribution is -2.42. The van der Waals surface area contributed by atoms with Crippen LogP contribution in [0.2, 0.25) is 0 Å². The molecule has 2 aromatic heterocycles. The number of aliphatic hydroxyl groups excluding tert-OH is 1. The average molecular weight is 464 g/mol. The molecule has 3 aromatic rings. The smallest absolute Gasteiger partial charge is 0.418 e. The Kier molecular flexibility index (Phi) is 5.00. The Morgan fingerprint density at radius 2 is 1.97 bits per heavy atom. The van der Waals surface area contributed by atoms with Crippen LogP contribution < -0.4 is 4.90 Å². The number of benzene rings is 1. The summed E-state index contributed by atoms with van der Waals surface area (Å²) in [5, 5.41) is 21.6. The van der Waals surface area contributed by atoms with Gasteiger partial charge in [0.2, 0.25) is 5.82 Å². The maximum absolute atomic E-state index is 14.8. The molecule has 0 spiro atoms. The van der Waals surface area contributed by atoms with Crippen molar-refractivity contribution in [3.8, 4) is 22.6 Å². The number of ether oxygens (including phenoxy) is 1. The number of hydrogen-bond donors (Lipinski definition) is 1. The highest BCUT2D eigenvalue weighted by Gasteiger charge is 2.49. The molecule has 0 bridgehead atoms. The highest BCUT2D eigenvalue weighted by Crippen LogP contribution is 2.34. The molecule has 2 atom stereocenters. The van der Waals surface area contributed by atoms with Gasteiger partial charge in [0, 0.05) is 17.3 Å². The molecule has 1 N–H and O–H groups in total. The van der Waals surface area contributed by atoms with Gasteiger partial charge in [-0.25, -0.2) is 9.18 Å². The van der Waals surface area contributed by atoms with Gasteiger partial charge in [-0.1, -0.05) is 6.07 Å². The van der Waals surface area contributed by atoms with E-state index in [9.17, 15) is 27.5 Å². The predicted octanol–water partition coefficient (Wildman–Crippen LogP) is 3.12. The summed E-state index contributed by atoms with van der Waals surface area (Å²) >= 11 is 0. The van der Waals surface area contributed by atoms with Crippen LogP contribution in [0.15, 0.2) is 36.5 Å². The second kappa shape index (κ2) is 7.76. The topological polar surface area (TPSA) is 106 Å². The summed E-state index contributed by atoms with van der Waals surface area (Å²) in [7, 11) is 0. The Morgan fingerprint density at radius 1 is 1.18 bits per heavy atom. The number of rotatable bonds is 5. The van der Waals surface area contributed by atoms with Crippen molar-refractivity contribution in [2.75, 3.05) is 11.4 Å².